The van der Waals surface area contributed by atoms with Crippen molar-refractivity contribution in [3.8, 4) is 23.0 Å². The normalized spacial score (nSPS) is 16.2. The fourth-order valence-corrected chi connectivity index (χ4v) is 5.43. The zero-order valence-corrected chi connectivity index (χ0v) is 19.6. The van der Waals surface area contributed by atoms with E-state index in [0.717, 1.165) is 0 Å². The van der Waals surface area contributed by atoms with Crippen LogP contribution < -0.4 is 9.47 Å². The van der Waals surface area contributed by atoms with Crippen molar-refractivity contribution in [1.82, 2.24) is 0 Å². The predicted octanol–water partition coefficient (Wildman–Crippen LogP) is 6.19. The molecule has 1 aliphatic rings. The van der Waals surface area contributed by atoms with Crippen LogP contribution in [0.15, 0.2) is 42.7 Å². The Morgan fingerprint density at radius 2 is 1.88 bits per heavy atom. The van der Waals surface area contributed by atoms with Crippen LogP contribution in [0.1, 0.15) is 43.9 Å². The Balaban J connectivity index is 1.94. The van der Waals surface area contributed by atoms with E-state index in [1.54, 1.807) is 26.0 Å². The molecule has 0 spiro atoms. The third-order valence-electron chi connectivity index (χ3n) is 5.53. The maximum Gasteiger partial charge on any atom is 0.242 e. The highest BCUT2D eigenvalue weighted by Gasteiger charge is 2.31. The topological polar surface area (TPSA) is 105 Å². The molecule has 0 saturated carbocycles. The van der Waals surface area contributed by atoms with Crippen LogP contribution in [0.2, 0.25) is 0 Å². The van der Waals surface area contributed by atoms with Crippen molar-refractivity contribution in [3.05, 3.63) is 59.4 Å². The molecular formula is C24H29O7P. The van der Waals surface area contributed by atoms with Crippen LogP contribution in [-0.2, 0) is 9.09 Å². The molecule has 1 heterocycles. The number of hydrogen-bond donors (Lipinski definition) is 3. The second kappa shape index (κ2) is 9.31. The van der Waals surface area contributed by atoms with Gasteiger partial charge >= 0.3 is 0 Å². The average molecular weight is 460 g/mol. The minimum atomic E-state index is -3.09. The van der Waals surface area contributed by atoms with Gasteiger partial charge in [-0.15, -0.1) is 0 Å². The predicted molar refractivity (Wildman–Crippen MR) is 125 cm³/mol. The summed E-state index contributed by atoms with van der Waals surface area (Å²) in [6, 6.07) is 7.45. The first-order valence-corrected chi connectivity index (χ1v) is 12.3. The molecule has 0 radical (unpaired) electrons. The van der Waals surface area contributed by atoms with Crippen molar-refractivity contribution in [2.24, 2.45) is 0 Å². The van der Waals surface area contributed by atoms with Crippen LogP contribution >= 0.6 is 7.37 Å². The molecule has 0 bridgehead atoms. The van der Waals surface area contributed by atoms with Gasteiger partial charge in [-0.25, -0.2) is 0 Å². The molecule has 0 saturated heterocycles. The molecule has 1 aliphatic heterocycles. The molecule has 8 heteroatoms. The van der Waals surface area contributed by atoms with Gasteiger partial charge in [0.25, 0.3) is 0 Å². The minimum Gasteiger partial charge on any atom is -0.508 e. The lowest BCUT2D eigenvalue weighted by molar-refractivity contribution is 0.281. The number of rotatable bonds is 8. The first-order chi connectivity index (χ1) is 15.1. The lowest BCUT2D eigenvalue weighted by Crippen LogP contribution is -2.13. The van der Waals surface area contributed by atoms with E-state index in [1.807, 2.05) is 13.8 Å². The standard InChI is InChI=1S/C24H29O7P/c1-6-15(4)32(28,30-7-2)13-29-20-11-17(8-9-19(20)26)24-23(27)16(5)22-14(3)10-18(25)12-21(22)31-24/h8-12,15,25-27H,5-7,13H2,1-4H3. The number of aromatic hydroxyl groups is 2. The van der Waals surface area contributed by atoms with Crippen LogP contribution in [0.3, 0.4) is 0 Å². The second-order valence-electron chi connectivity index (χ2n) is 7.75. The summed E-state index contributed by atoms with van der Waals surface area (Å²) < 4.78 is 30.3. The lowest BCUT2D eigenvalue weighted by atomic mass is 9.95. The Morgan fingerprint density at radius 1 is 1.16 bits per heavy atom. The van der Waals surface area contributed by atoms with E-state index in [4.69, 9.17) is 14.0 Å². The fourth-order valence-electron chi connectivity index (χ4n) is 3.53. The minimum absolute atomic E-state index is 0.0289. The van der Waals surface area contributed by atoms with Crippen LogP contribution in [0, 0.1) is 6.92 Å². The summed E-state index contributed by atoms with van der Waals surface area (Å²) >= 11 is 0. The Labute approximate surface area is 188 Å². The highest BCUT2D eigenvalue weighted by atomic mass is 31.2. The van der Waals surface area contributed by atoms with Crippen molar-refractivity contribution in [3.63, 3.8) is 0 Å². The second-order valence-corrected chi connectivity index (χ2v) is 10.6. The maximum atomic E-state index is 13.2. The maximum absolute atomic E-state index is 13.2. The smallest absolute Gasteiger partial charge is 0.242 e. The van der Waals surface area contributed by atoms with E-state index >= 15 is 0 Å². The van der Waals surface area contributed by atoms with E-state index in [1.165, 1.54) is 18.2 Å². The molecule has 0 fully saturated rings. The highest BCUT2D eigenvalue weighted by molar-refractivity contribution is 7.59. The van der Waals surface area contributed by atoms with Crippen molar-refractivity contribution in [2.75, 3.05) is 13.0 Å². The van der Waals surface area contributed by atoms with Gasteiger partial charge in [0.2, 0.25) is 7.37 Å². The molecule has 0 aromatic heterocycles. The van der Waals surface area contributed by atoms with E-state index in [0.29, 0.717) is 41.0 Å². The van der Waals surface area contributed by atoms with Gasteiger partial charge in [-0.3, -0.25) is 4.57 Å². The molecule has 0 amide bonds. The SMILES string of the molecule is C=C1C(O)=C(c2ccc(O)c(OCP(=O)(OCC)C(C)CC)c2)Oc2cc(O)cc(C)c21. The van der Waals surface area contributed by atoms with Crippen molar-refractivity contribution < 1.29 is 33.9 Å². The summed E-state index contributed by atoms with van der Waals surface area (Å²) in [5.41, 5.74) is 1.88. The number of phenols is 2. The largest absolute Gasteiger partial charge is 0.508 e. The fraction of sp³-hybridized carbons (Fsp3) is 0.333. The van der Waals surface area contributed by atoms with Crippen LogP contribution in [0.25, 0.3) is 11.3 Å². The molecule has 7 nitrogen and oxygen atoms in total. The van der Waals surface area contributed by atoms with Gasteiger partial charge in [-0.05, 0) is 50.1 Å². The van der Waals surface area contributed by atoms with Crippen LogP contribution in [0.5, 0.6) is 23.0 Å². The number of allylic oxidation sites excluding steroid dienone is 1. The Morgan fingerprint density at radius 3 is 2.53 bits per heavy atom. The number of ether oxygens (including phenoxy) is 2. The third-order valence-corrected chi connectivity index (χ3v) is 8.42. The number of aliphatic hydroxyl groups is 1. The number of hydrogen-bond acceptors (Lipinski definition) is 7. The molecule has 2 atom stereocenters. The molecule has 2 aromatic carbocycles. The first kappa shape index (κ1) is 23.8. The molecule has 32 heavy (non-hydrogen) atoms. The Hall–Kier alpha value is -2.89. The lowest BCUT2D eigenvalue weighted by Gasteiger charge is -2.25. The van der Waals surface area contributed by atoms with Gasteiger partial charge in [0.15, 0.2) is 29.4 Å². The molecular weight excluding hydrogens is 431 g/mol. The van der Waals surface area contributed by atoms with Gasteiger partial charge in [-0.2, -0.15) is 0 Å². The monoisotopic (exact) mass is 460 g/mol. The summed E-state index contributed by atoms with van der Waals surface area (Å²) in [4.78, 5) is 0. The summed E-state index contributed by atoms with van der Waals surface area (Å²) in [5.74, 6) is 0.257. The zero-order chi connectivity index (χ0) is 23.6. The molecule has 0 aliphatic carbocycles. The van der Waals surface area contributed by atoms with Gasteiger partial charge in [-0.1, -0.05) is 20.4 Å². The zero-order valence-electron chi connectivity index (χ0n) is 18.7. The summed E-state index contributed by atoms with van der Waals surface area (Å²) in [6.07, 6.45) is 0.469. The van der Waals surface area contributed by atoms with Gasteiger partial charge in [0.05, 0.1) is 6.61 Å². The van der Waals surface area contributed by atoms with Crippen molar-refractivity contribution in [2.45, 2.75) is 39.8 Å². The quantitative estimate of drug-likeness (QED) is 0.404. The summed E-state index contributed by atoms with van der Waals surface area (Å²) in [6.45, 7) is 11.6. The number of fused-ring (bicyclic) bond motifs is 1. The Kier molecular flexibility index (Phi) is 6.91. The number of aliphatic hydroxyl groups excluding tert-OH is 1. The van der Waals surface area contributed by atoms with Crippen LogP contribution in [-0.4, -0.2) is 33.9 Å². The number of aryl methyl sites for hydroxylation is 1. The van der Waals surface area contributed by atoms with E-state index in [9.17, 15) is 19.9 Å². The van der Waals surface area contributed by atoms with Crippen LogP contribution in [0.4, 0.5) is 0 Å². The van der Waals surface area contributed by atoms with E-state index in [-0.39, 0.29) is 40.8 Å². The number of benzene rings is 2. The van der Waals surface area contributed by atoms with E-state index < -0.39 is 7.37 Å². The summed E-state index contributed by atoms with van der Waals surface area (Å²) in [5, 5.41) is 31.0. The molecule has 172 valence electrons. The molecule has 3 rings (SSSR count). The van der Waals surface area contributed by atoms with Crippen molar-refractivity contribution >= 4 is 18.7 Å². The summed E-state index contributed by atoms with van der Waals surface area (Å²) in [7, 11) is -3.09. The Bertz CT molecular complexity index is 1120. The highest BCUT2D eigenvalue weighted by Crippen LogP contribution is 2.53. The molecule has 2 aromatic rings. The van der Waals surface area contributed by atoms with Gasteiger partial charge in [0, 0.05) is 28.4 Å². The molecule has 3 N–H and O–H groups in total. The third kappa shape index (κ3) is 4.50. The van der Waals surface area contributed by atoms with Crippen molar-refractivity contribution in [1.29, 1.82) is 0 Å². The number of phenolic OH excluding ortho intramolecular Hbond substituents is 2. The first-order valence-electron chi connectivity index (χ1n) is 10.4. The van der Waals surface area contributed by atoms with Gasteiger partial charge in [0.1, 0.15) is 11.5 Å². The van der Waals surface area contributed by atoms with Gasteiger partial charge < -0.3 is 29.3 Å². The van der Waals surface area contributed by atoms with E-state index in [2.05, 4.69) is 6.58 Å². The average Bonchev–Trinajstić information content (AvgIpc) is 2.74. The molecule has 2 unspecified atom stereocenters.